The Kier molecular flexibility index (Phi) is 4.02. The van der Waals surface area contributed by atoms with Crippen LogP contribution in [0.15, 0.2) is 34.9 Å². The van der Waals surface area contributed by atoms with E-state index in [1.165, 1.54) is 0 Å². The molecular weight excluding hydrogens is 374 g/mol. The van der Waals surface area contributed by atoms with Crippen LogP contribution in [0, 0.1) is 26.6 Å². The molecule has 28 heavy (non-hydrogen) atoms. The molecule has 0 radical (unpaired) electrons. The highest BCUT2D eigenvalue weighted by atomic mass is 19.4. The van der Waals surface area contributed by atoms with Crippen LogP contribution in [0.25, 0.3) is 33.3 Å². The lowest BCUT2D eigenvalue weighted by Gasteiger charge is -2.14. The van der Waals surface area contributed by atoms with Crippen molar-refractivity contribution in [1.29, 1.82) is 0 Å². The first-order valence-corrected chi connectivity index (χ1v) is 8.46. The summed E-state index contributed by atoms with van der Waals surface area (Å²) >= 11 is 0. The average molecular weight is 389 g/mol. The maximum absolute atomic E-state index is 13.9. The van der Waals surface area contributed by atoms with Crippen LogP contribution >= 0.6 is 0 Å². The highest BCUT2D eigenvalue weighted by Crippen LogP contribution is 2.41. The van der Waals surface area contributed by atoms with Crippen molar-refractivity contribution in [1.82, 2.24) is 15.1 Å². The zero-order valence-corrected chi connectivity index (χ0v) is 15.2. The largest absolute Gasteiger partial charge is 0.417 e. The Bertz CT molecular complexity index is 1180. The van der Waals surface area contributed by atoms with Crippen molar-refractivity contribution in [3.63, 3.8) is 0 Å². The molecule has 1 N–H and O–H groups in total. The van der Waals surface area contributed by atoms with Gasteiger partial charge in [0.2, 0.25) is 0 Å². The number of fused-ring (bicyclic) bond motifs is 1. The van der Waals surface area contributed by atoms with Crippen LogP contribution in [0.2, 0.25) is 0 Å². The summed E-state index contributed by atoms with van der Waals surface area (Å²) in [5.74, 6) is 0.317. The van der Waals surface area contributed by atoms with Crippen molar-refractivity contribution in [3.05, 3.63) is 59.0 Å². The molecule has 0 spiro atoms. The number of nitrogens with zero attached hydrogens (tertiary/aromatic N) is 2. The lowest BCUT2D eigenvalue weighted by atomic mass is 9.93. The standard InChI is InChI=1S/C20H15F4N3O/c1-9-18(10(2)28-27-9)12-6-15(19-17(7-12)25-11(3)26-19)14-8-13(21)4-5-16(14)20(22,23)24/h4-8H,1-3H3,(H,25,26). The molecule has 0 unspecified atom stereocenters. The van der Waals surface area contributed by atoms with Gasteiger partial charge in [0, 0.05) is 11.1 Å². The monoisotopic (exact) mass is 389 g/mol. The fourth-order valence-corrected chi connectivity index (χ4v) is 3.47. The van der Waals surface area contributed by atoms with Crippen molar-refractivity contribution >= 4 is 11.0 Å². The number of hydrogen-bond acceptors (Lipinski definition) is 3. The van der Waals surface area contributed by atoms with Gasteiger partial charge in [-0.05, 0) is 62.2 Å². The van der Waals surface area contributed by atoms with Crippen LogP contribution in [-0.4, -0.2) is 15.1 Å². The number of aromatic amines is 1. The van der Waals surface area contributed by atoms with E-state index in [9.17, 15) is 17.6 Å². The molecule has 4 rings (SSSR count). The van der Waals surface area contributed by atoms with Crippen LogP contribution in [-0.2, 0) is 6.18 Å². The van der Waals surface area contributed by atoms with Gasteiger partial charge in [-0.1, -0.05) is 5.16 Å². The maximum atomic E-state index is 13.9. The summed E-state index contributed by atoms with van der Waals surface area (Å²) in [4.78, 5) is 7.37. The molecule has 4 nitrogen and oxygen atoms in total. The molecule has 2 aromatic carbocycles. The molecule has 0 aliphatic carbocycles. The van der Waals surface area contributed by atoms with Gasteiger partial charge in [0.1, 0.15) is 17.4 Å². The molecule has 0 saturated heterocycles. The number of H-pyrrole nitrogens is 1. The highest BCUT2D eigenvalue weighted by Gasteiger charge is 2.34. The number of imidazole rings is 1. The Balaban J connectivity index is 2.09. The second-order valence-corrected chi connectivity index (χ2v) is 6.63. The summed E-state index contributed by atoms with van der Waals surface area (Å²) in [6.45, 7) is 5.17. The van der Waals surface area contributed by atoms with Crippen molar-refractivity contribution in [2.45, 2.75) is 26.9 Å². The summed E-state index contributed by atoms with van der Waals surface area (Å²) in [5, 5.41) is 3.91. The van der Waals surface area contributed by atoms with E-state index < -0.39 is 17.6 Å². The van der Waals surface area contributed by atoms with Gasteiger partial charge in [-0.3, -0.25) is 0 Å². The van der Waals surface area contributed by atoms with Crippen LogP contribution in [0.3, 0.4) is 0 Å². The van der Waals surface area contributed by atoms with Gasteiger partial charge in [0.15, 0.2) is 0 Å². The molecule has 2 heterocycles. The number of halogens is 4. The Morgan fingerprint density at radius 2 is 1.75 bits per heavy atom. The fraction of sp³-hybridized carbons (Fsp3) is 0.200. The Hall–Kier alpha value is -3.16. The number of aryl methyl sites for hydroxylation is 3. The topological polar surface area (TPSA) is 54.7 Å². The minimum absolute atomic E-state index is 0.184. The number of benzene rings is 2. The first-order valence-electron chi connectivity index (χ1n) is 8.46. The van der Waals surface area contributed by atoms with Crippen LogP contribution in [0.5, 0.6) is 0 Å². The third-order valence-electron chi connectivity index (χ3n) is 4.60. The first kappa shape index (κ1) is 18.2. The smallest absolute Gasteiger partial charge is 0.361 e. The molecule has 0 aliphatic rings. The second-order valence-electron chi connectivity index (χ2n) is 6.63. The van der Waals surface area contributed by atoms with Gasteiger partial charge in [0.05, 0.1) is 22.3 Å². The lowest BCUT2D eigenvalue weighted by Crippen LogP contribution is -2.07. The van der Waals surface area contributed by atoms with E-state index in [1.54, 1.807) is 32.9 Å². The van der Waals surface area contributed by atoms with Gasteiger partial charge in [-0.15, -0.1) is 0 Å². The van der Waals surface area contributed by atoms with Crippen molar-refractivity contribution in [2.24, 2.45) is 0 Å². The second kappa shape index (κ2) is 6.19. The molecule has 0 amide bonds. The molecule has 0 bridgehead atoms. The van der Waals surface area contributed by atoms with Crippen LogP contribution in [0.1, 0.15) is 22.8 Å². The van der Waals surface area contributed by atoms with Crippen molar-refractivity contribution in [3.8, 4) is 22.3 Å². The van der Waals surface area contributed by atoms with Crippen LogP contribution < -0.4 is 0 Å². The van der Waals surface area contributed by atoms with E-state index in [0.29, 0.717) is 39.4 Å². The van der Waals surface area contributed by atoms with E-state index in [-0.39, 0.29) is 11.1 Å². The minimum Gasteiger partial charge on any atom is -0.361 e. The molecule has 0 saturated carbocycles. The predicted molar refractivity (Wildman–Crippen MR) is 96.2 cm³/mol. The normalized spacial score (nSPS) is 12.1. The van der Waals surface area contributed by atoms with Gasteiger partial charge in [-0.2, -0.15) is 13.2 Å². The Morgan fingerprint density at radius 1 is 1.00 bits per heavy atom. The summed E-state index contributed by atoms with van der Waals surface area (Å²) in [5.41, 5.74) is 1.77. The van der Waals surface area contributed by atoms with E-state index in [1.807, 2.05) is 0 Å². The quantitative estimate of drug-likeness (QED) is 0.430. The minimum atomic E-state index is -4.64. The molecule has 0 fully saturated rings. The number of hydrogen-bond donors (Lipinski definition) is 1. The number of rotatable bonds is 2. The van der Waals surface area contributed by atoms with Gasteiger partial charge < -0.3 is 9.51 Å². The summed E-state index contributed by atoms with van der Waals surface area (Å²) in [6.07, 6.45) is -4.64. The third-order valence-corrected chi connectivity index (χ3v) is 4.60. The van der Waals surface area contributed by atoms with Crippen molar-refractivity contribution in [2.75, 3.05) is 0 Å². The molecule has 2 aromatic heterocycles. The number of alkyl halides is 3. The average Bonchev–Trinajstić information content (AvgIpc) is 3.13. The third kappa shape index (κ3) is 2.94. The number of nitrogens with one attached hydrogen (secondary N) is 1. The fourth-order valence-electron chi connectivity index (χ4n) is 3.47. The SMILES string of the molecule is Cc1nc2c(-c3cc(F)ccc3C(F)(F)F)cc(-c3c(C)noc3C)cc2[nH]1. The van der Waals surface area contributed by atoms with Crippen molar-refractivity contribution < 1.29 is 22.1 Å². The summed E-state index contributed by atoms with van der Waals surface area (Å²) in [7, 11) is 0. The van der Waals surface area contributed by atoms with Gasteiger partial charge >= 0.3 is 6.18 Å². The number of aromatic nitrogens is 3. The summed E-state index contributed by atoms with van der Waals surface area (Å²) in [6, 6.07) is 5.78. The molecule has 0 aliphatic heterocycles. The lowest BCUT2D eigenvalue weighted by molar-refractivity contribution is -0.137. The molecule has 8 heteroatoms. The first-order chi connectivity index (χ1) is 13.1. The zero-order chi connectivity index (χ0) is 20.2. The predicted octanol–water partition coefficient (Wildman–Crippen LogP) is 5.97. The maximum Gasteiger partial charge on any atom is 0.417 e. The molecule has 144 valence electrons. The van der Waals surface area contributed by atoms with Crippen LogP contribution in [0.4, 0.5) is 17.6 Å². The van der Waals surface area contributed by atoms with Gasteiger partial charge in [0.25, 0.3) is 0 Å². The van der Waals surface area contributed by atoms with E-state index in [2.05, 4.69) is 15.1 Å². The molecule has 0 atom stereocenters. The highest BCUT2D eigenvalue weighted by molar-refractivity contribution is 5.97. The Morgan fingerprint density at radius 3 is 2.39 bits per heavy atom. The van der Waals surface area contributed by atoms with E-state index >= 15 is 0 Å². The van der Waals surface area contributed by atoms with E-state index in [0.717, 1.165) is 18.2 Å². The van der Waals surface area contributed by atoms with Gasteiger partial charge in [-0.25, -0.2) is 9.37 Å². The summed E-state index contributed by atoms with van der Waals surface area (Å²) < 4.78 is 59.9. The van der Waals surface area contributed by atoms with E-state index in [4.69, 9.17) is 4.52 Å². The Labute approximate surface area is 157 Å². The molecule has 4 aromatic rings. The molecular formula is C20H15F4N3O. The zero-order valence-electron chi connectivity index (χ0n) is 15.2.